The highest BCUT2D eigenvalue weighted by Crippen LogP contribution is 2.36. The van der Waals surface area contributed by atoms with Crippen molar-refractivity contribution in [3.63, 3.8) is 0 Å². The van der Waals surface area contributed by atoms with Gasteiger partial charge in [0.05, 0.1) is 5.69 Å². The third-order valence-corrected chi connectivity index (χ3v) is 6.10. The van der Waals surface area contributed by atoms with E-state index in [1.165, 1.54) is 18.2 Å². The molecule has 0 atom stereocenters. The molecule has 2 aromatic carbocycles. The fourth-order valence-corrected chi connectivity index (χ4v) is 4.89. The van der Waals surface area contributed by atoms with E-state index in [1.807, 2.05) is 26.8 Å². The van der Waals surface area contributed by atoms with Gasteiger partial charge in [0, 0.05) is 18.8 Å². The van der Waals surface area contributed by atoms with Crippen LogP contribution in [0.25, 0.3) is 0 Å². The van der Waals surface area contributed by atoms with Crippen LogP contribution in [0, 0.1) is 26.6 Å². The Kier molecular flexibility index (Phi) is 4.73. The summed E-state index contributed by atoms with van der Waals surface area (Å²) in [4.78, 5) is 1.96. The molecule has 0 spiro atoms. The molecule has 0 bridgehead atoms. The quantitative estimate of drug-likeness (QED) is 0.889. The van der Waals surface area contributed by atoms with Crippen LogP contribution in [0.15, 0.2) is 35.2 Å². The fraction of sp³-hybridized carbons (Fsp3) is 0.368. The van der Waals surface area contributed by atoms with Gasteiger partial charge in [0.25, 0.3) is 10.0 Å². The Morgan fingerprint density at radius 3 is 2.32 bits per heavy atom. The predicted molar refractivity (Wildman–Crippen MR) is 99.3 cm³/mol. The first-order valence-corrected chi connectivity index (χ1v) is 9.92. The minimum absolute atomic E-state index is 0.336. The molecule has 0 saturated carbocycles. The molecule has 6 heteroatoms. The van der Waals surface area contributed by atoms with Crippen LogP contribution in [-0.4, -0.2) is 21.5 Å². The number of benzene rings is 2. The van der Waals surface area contributed by atoms with E-state index in [2.05, 4.69) is 9.62 Å². The summed E-state index contributed by atoms with van der Waals surface area (Å²) >= 11 is 0. The molecule has 0 amide bonds. The van der Waals surface area contributed by atoms with Gasteiger partial charge in [-0.05, 0) is 62.4 Å². The molecule has 1 aliphatic heterocycles. The van der Waals surface area contributed by atoms with Crippen LogP contribution in [0.4, 0.5) is 15.8 Å². The van der Waals surface area contributed by atoms with Crippen LogP contribution in [0.1, 0.15) is 29.5 Å². The van der Waals surface area contributed by atoms with Crippen LogP contribution < -0.4 is 9.62 Å². The highest BCUT2D eigenvalue weighted by Gasteiger charge is 2.24. The molecule has 0 aromatic heterocycles. The number of sulfonamides is 1. The van der Waals surface area contributed by atoms with Crippen molar-refractivity contribution >= 4 is 21.4 Å². The zero-order valence-electron chi connectivity index (χ0n) is 14.8. The van der Waals surface area contributed by atoms with E-state index >= 15 is 0 Å². The fourth-order valence-electron chi connectivity index (χ4n) is 3.61. The van der Waals surface area contributed by atoms with Gasteiger partial charge in [0.2, 0.25) is 0 Å². The van der Waals surface area contributed by atoms with E-state index in [9.17, 15) is 12.8 Å². The van der Waals surface area contributed by atoms with Crippen molar-refractivity contribution in [1.82, 2.24) is 0 Å². The van der Waals surface area contributed by atoms with E-state index in [1.54, 1.807) is 0 Å². The van der Waals surface area contributed by atoms with Crippen LogP contribution in [0.5, 0.6) is 0 Å². The van der Waals surface area contributed by atoms with Crippen LogP contribution >= 0.6 is 0 Å². The third-order valence-electron chi connectivity index (χ3n) is 4.72. The van der Waals surface area contributed by atoms with E-state index in [0.29, 0.717) is 5.69 Å². The second-order valence-corrected chi connectivity index (χ2v) is 8.24. The van der Waals surface area contributed by atoms with Gasteiger partial charge in [-0.25, -0.2) is 12.8 Å². The number of nitrogens with one attached hydrogen (secondary N) is 1. The van der Waals surface area contributed by atoms with E-state index in [-0.39, 0.29) is 4.90 Å². The van der Waals surface area contributed by atoms with Crippen molar-refractivity contribution in [3.8, 4) is 0 Å². The lowest BCUT2D eigenvalue weighted by molar-refractivity contribution is 0.570. The van der Waals surface area contributed by atoms with E-state index in [0.717, 1.165) is 54.4 Å². The molecule has 2 aromatic rings. The first kappa shape index (κ1) is 17.7. The molecule has 1 heterocycles. The molecule has 0 unspecified atom stereocenters. The smallest absolute Gasteiger partial charge is 0.264 e. The summed E-state index contributed by atoms with van der Waals surface area (Å²) in [7, 11) is -3.99. The number of hydrogen-bond acceptors (Lipinski definition) is 3. The van der Waals surface area contributed by atoms with E-state index in [4.69, 9.17) is 0 Å². The number of halogens is 1. The average molecular weight is 362 g/mol. The Labute approximate surface area is 148 Å². The standard InChI is InChI=1S/C19H23FN2O2S/c1-13-12-14(2)19(22-10-6-7-11-22)15(3)18(13)21-25(23,24)17-9-5-4-8-16(17)20/h4-5,8-9,12,21H,6-7,10-11H2,1-3H3. The number of hydrogen-bond donors (Lipinski definition) is 1. The van der Waals surface area contributed by atoms with Gasteiger partial charge in [-0.1, -0.05) is 18.2 Å². The summed E-state index contributed by atoms with van der Waals surface area (Å²) in [6.07, 6.45) is 2.28. The largest absolute Gasteiger partial charge is 0.371 e. The highest BCUT2D eigenvalue weighted by molar-refractivity contribution is 7.92. The molecule has 4 nitrogen and oxygen atoms in total. The molecule has 1 fully saturated rings. The van der Waals surface area contributed by atoms with Crippen molar-refractivity contribution < 1.29 is 12.8 Å². The molecule has 3 rings (SSSR count). The molecular weight excluding hydrogens is 339 g/mol. The summed E-state index contributed by atoms with van der Waals surface area (Å²) < 4.78 is 41.9. The maximum Gasteiger partial charge on any atom is 0.264 e. The number of anilines is 2. The van der Waals surface area contributed by atoms with Crippen LogP contribution in [0.3, 0.4) is 0 Å². The second kappa shape index (κ2) is 6.67. The second-order valence-electron chi connectivity index (χ2n) is 6.59. The van der Waals surface area contributed by atoms with E-state index < -0.39 is 15.8 Å². The topological polar surface area (TPSA) is 49.4 Å². The minimum Gasteiger partial charge on any atom is -0.371 e. The summed E-state index contributed by atoms with van der Waals surface area (Å²) in [5.74, 6) is -0.753. The summed E-state index contributed by atoms with van der Waals surface area (Å²) in [5, 5.41) is 0. The highest BCUT2D eigenvalue weighted by atomic mass is 32.2. The molecule has 1 aliphatic rings. The van der Waals surface area contributed by atoms with Gasteiger partial charge in [0.15, 0.2) is 0 Å². The summed E-state index contributed by atoms with van der Waals surface area (Å²) in [6.45, 7) is 7.79. The van der Waals surface area contributed by atoms with Crippen molar-refractivity contribution in [2.24, 2.45) is 0 Å². The lowest BCUT2D eigenvalue weighted by Crippen LogP contribution is -2.22. The SMILES string of the molecule is Cc1cc(C)c(N2CCCC2)c(C)c1NS(=O)(=O)c1ccccc1F. The Bertz CT molecular complexity index is 904. The Morgan fingerprint density at radius 1 is 1.04 bits per heavy atom. The maximum atomic E-state index is 14.0. The molecule has 134 valence electrons. The lowest BCUT2D eigenvalue weighted by atomic mass is 10.0. The average Bonchev–Trinajstić information content (AvgIpc) is 3.05. The Balaban J connectivity index is 2.06. The summed E-state index contributed by atoms with van der Waals surface area (Å²) in [5.41, 5.74) is 4.47. The zero-order chi connectivity index (χ0) is 18.2. The Hall–Kier alpha value is -2.08. The van der Waals surface area contributed by atoms with Gasteiger partial charge in [-0.2, -0.15) is 0 Å². The van der Waals surface area contributed by atoms with Crippen LogP contribution in [-0.2, 0) is 10.0 Å². The normalized spacial score (nSPS) is 14.8. The molecule has 1 N–H and O–H groups in total. The van der Waals surface area contributed by atoms with Gasteiger partial charge >= 0.3 is 0 Å². The van der Waals surface area contributed by atoms with Gasteiger partial charge < -0.3 is 4.90 Å². The predicted octanol–water partition coefficient (Wildman–Crippen LogP) is 4.15. The van der Waals surface area contributed by atoms with Crippen molar-refractivity contribution in [1.29, 1.82) is 0 Å². The monoisotopic (exact) mass is 362 g/mol. The lowest BCUT2D eigenvalue weighted by Gasteiger charge is -2.26. The summed E-state index contributed by atoms with van der Waals surface area (Å²) in [6, 6.07) is 7.40. The van der Waals surface area contributed by atoms with Gasteiger partial charge in [0.1, 0.15) is 10.7 Å². The Morgan fingerprint density at radius 2 is 1.68 bits per heavy atom. The number of rotatable bonds is 4. The third kappa shape index (κ3) is 3.35. The maximum absolute atomic E-state index is 14.0. The van der Waals surface area contributed by atoms with Crippen molar-refractivity contribution in [2.75, 3.05) is 22.7 Å². The first-order valence-electron chi connectivity index (χ1n) is 8.44. The van der Waals surface area contributed by atoms with Crippen LogP contribution in [0.2, 0.25) is 0 Å². The number of nitrogens with zero attached hydrogens (tertiary/aromatic N) is 1. The molecule has 0 radical (unpaired) electrons. The first-order chi connectivity index (χ1) is 11.8. The molecular formula is C19H23FN2O2S. The molecule has 0 aliphatic carbocycles. The molecule has 1 saturated heterocycles. The van der Waals surface area contributed by atoms with Crippen molar-refractivity contribution in [3.05, 3.63) is 52.8 Å². The molecule has 25 heavy (non-hydrogen) atoms. The van der Waals surface area contributed by atoms with Gasteiger partial charge in [-0.15, -0.1) is 0 Å². The zero-order valence-corrected chi connectivity index (χ0v) is 15.6. The van der Waals surface area contributed by atoms with Crippen molar-refractivity contribution in [2.45, 2.75) is 38.5 Å². The number of aryl methyl sites for hydroxylation is 2. The van der Waals surface area contributed by atoms with Gasteiger partial charge in [-0.3, -0.25) is 4.72 Å². The minimum atomic E-state index is -3.99.